The summed E-state index contributed by atoms with van der Waals surface area (Å²) in [4.78, 5) is 23.5. The summed E-state index contributed by atoms with van der Waals surface area (Å²) < 4.78 is 0. The molecular weight excluding hydrogens is 280 g/mol. The molecule has 0 bridgehead atoms. The Morgan fingerprint density at radius 1 is 1.23 bits per heavy atom. The maximum Gasteiger partial charge on any atom is 0.223 e. The van der Waals surface area contributed by atoms with Crippen molar-refractivity contribution >= 4 is 11.8 Å². The second-order valence-electron chi connectivity index (χ2n) is 6.18. The standard InChI is InChI=1S/C17H22N2O3/c20-14-10-12-4-1-2-5-13(12)16(14)19-15(21)6-3-9-18-17(22)11-7-8-11/h1-2,4-5,11,14,16,20H,3,6-10H2,(H,18,22)(H,19,21)/t14-,16+/m0/s1. The summed E-state index contributed by atoms with van der Waals surface area (Å²) in [5.41, 5.74) is 2.10. The summed E-state index contributed by atoms with van der Waals surface area (Å²) in [6.45, 7) is 0.534. The van der Waals surface area contributed by atoms with Crippen LogP contribution in [0.3, 0.4) is 0 Å². The number of amides is 2. The van der Waals surface area contributed by atoms with Gasteiger partial charge in [0.25, 0.3) is 0 Å². The lowest BCUT2D eigenvalue weighted by Gasteiger charge is -2.18. The molecule has 1 fully saturated rings. The zero-order chi connectivity index (χ0) is 15.5. The van der Waals surface area contributed by atoms with Gasteiger partial charge in [0, 0.05) is 25.3 Å². The first-order chi connectivity index (χ1) is 10.6. The number of carbonyl (C=O) groups is 2. The number of aliphatic hydroxyl groups is 1. The van der Waals surface area contributed by atoms with E-state index in [2.05, 4.69) is 10.6 Å². The Hall–Kier alpha value is -1.88. The van der Waals surface area contributed by atoms with E-state index in [1.54, 1.807) is 0 Å². The second-order valence-corrected chi connectivity index (χ2v) is 6.18. The van der Waals surface area contributed by atoms with Gasteiger partial charge in [-0.05, 0) is 30.4 Å². The molecule has 22 heavy (non-hydrogen) atoms. The summed E-state index contributed by atoms with van der Waals surface area (Å²) in [5, 5.41) is 15.9. The van der Waals surface area contributed by atoms with Crippen LogP contribution in [0.25, 0.3) is 0 Å². The minimum atomic E-state index is -0.559. The third-order valence-electron chi connectivity index (χ3n) is 4.35. The predicted molar refractivity (Wildman–Crippen MR) is 82.0 cm³/mol. The van der Waals surface area contributed by atoms with Crippen molar-refractivity contribution in [2.24, 2.45) is 5.92 Å². The molecule has 2 aliphatic carbocycles. The lowest BCUT2D eigenvalue weighted by molar-refractivity contribution is -0.124. The summed E-state index contributed by atoms with van der Waals surface area (Å²) in [7, 11) is 0. The van der Waals surface area contributed by atoms with Crippen molar-refractivity contribution in [2.45, 2.75) is 44.2 Å². The van der Waals surface area contributed by atoms with Crippen LogP contribution in [0.2, 0.25) is 0 Å². The minimum Gasteiger partial charge on any atom is -0.390 e. The van der Waals surface area contributed by atoms with E-state index in [1.807, 2.05) is 24.3 Å². The van der Waals surface area contributed by atoms with Gasteiger partial charge >= 0.3 is 0 Å². The van der Waals surface area contributed by atoms with Gasteiger partial charge in [-0.1, -0.05) is 24.3 Å². The molecule has 0 unspecified atom stereocenters. The fourth-order valence-electron chi connectivity index (χ4n) is 2.94. The van der Waals surface area contributed by atoms with Crippen LogP contribution in [0.1, 0.15) is 42.9 Å². The number of nitrogens with one attached hydrogen (secondary N) is 2. The maximum absolute atomic E-state index is 12.0. The lowest BCUT2D eigenvalue weighted by atomic mass is 10.1. The molecule has 5 heteroatoms. The molecule has 1 aromatic carbocycles. The Kier molecular flexibility index (Phi) is 4.43. The van der Waals surface area contributed by atoms with E-state index >= 15 is 0 Å². The van der Waals surface area contributed by atoms with Gasteiger partial charge in [0.15, 0.2) is 0 Å². The smallest absolute Gasteiger partial charge is 0.223 e. The molecule has 3 N–H and O–H groups in total. The summed E-state index contributed by atoms with van der Waals surface area (Å²) in [6, 6.07) is 7.48. The normalized spacial score (nSPS) is 23.0. The van der Waals surface area contributed by atoms with Crippen molar-refractivity contribution in [1.29, 1.82) is 0 Å². The van der Waals surface area contributed by atoms with Crippen LogP contribution in [0.4, 0.5) is 0 Å². The number of benzene rings is 1. The van der Waals surface area contributed by atoms with E-state index in [-0.39, 0.29) is 23.8 Å². The molecule has 2 amide bonds. The number of aliphatic hydroxyl groups excluding tert-OH is 1. The third-order valence-corrected chi connectivity index (χ3v) is 4.35. The van der Waals surface area contributed by atoms with Crippen LogP contribution in [0.15, 0.2) is 24.3 Å². The Morgan fingerprint density at radius 3 is 2.77 bits per heavy atom. The molecule has 1 aromatic rings. The van der Waals surface area contributed by atoms with Crippen LogP contribution in [-0.4, -0.2) is 29.6 Å². The fourth-order valence-corrected chi connectivity index (χ4v) is 2.94. The third kappa shape index (κ3) is 3.47. The Labute approximate surface area is 130 Å². The highest BCUT2D eigenvalue weighted by molar-refractivity contribution is 5.81. The number of hydrogen-bond donors (Lipinski definition) is 3. The van der Waals surface area contributed by atoms with Gasteiger partial charge < -0.3 is 15.7 Å². The first-order valence-electron chi connectivity index (χ1n) is 7.98. The number of fused-ring (bicyclic) bond motifs is 1. The van der Waals surface area contributed by atoms with Crippen molar-refractivity contribution in [3.63, 3.8) is 0 Å². The molecule has 2 atom stereocenters. The van der Waals surface area contributed by atoms with Gasteiger partial charge in [0.2, 0.25) is 11.8 Å². The monoisotopic (exact) mass is 302 g/mol. The first kappa shape index (κ1) is 15.0. The van der Waals surface area contributed by atoms with E-state index in [9.17, 15) is 14.7 Å². The van der Waals surface area contributed by atoms with Crippen molar-refractivity contribution in [3.8, 4) is 0 Å². The average Bonchev–Trinajstić information content (AvgIpc) is 3.30. The molecule has 0 spiro atoms. The number of hydrogen-bond acceptors (Lipinski definition) is 3. The van der Waals surface area contributed by atoms with Gasteiger partial charge in [0.1, 0.15) is 0 Å². The maximum atomic E-state index is 12.0. The molecule has 0 radical (unpaired) electrons. The Bertz CT molecular complexity index is 569. The quantitative estimate of drug-likeness (QED) is 0.688. The molecule has 118 valence electrons. The van der Waals surface area contributed by atoms with Gasteiger partial charge in [-0.15, -0.1) is 0 Å². The van der Waals surface area contributed by atoms with Crippen LogP contribution < -0.4 is 10.6 Å². The second kappa shape index (κ2) is 6.48. The molecule has 3 rings (SSSR count). The van der Waals surface area contributed by atoms with Crippen LogP contribution in [0, 0.1) is 5.92 Å². The summed E-state index contributed by atoms with van der Waals surface area (Å²) >= 11 is 0. The van der Waals surface area contributed by atoms with Crippen molar-refractivity contribution in [2.75, 3.05) is 6.54 Å². The van der Waals surface area contributed by atoms with E-state index in [4.69, 9.17) is 0 Å². The molecule has 2 aliphatic rings. The highest BCUT2D eigenvalue weighted by atomic mass is 16.3. The molecule has 5 nitrogen and oxygen atoms in total. The first-order valence-corrected chi connectivity index (χ1v) is 7.98. The predicted octanol–water partition coefficient (Wildman–Crippen LogP) is 1.07. The number of rotatable bonds is 6. The van der Waals surface area contributed by atoms with E-state index < -0.39 is 6.10 Å². The van der Waals surface area contributed by atoms with Crippen LogP contribution in [0.5, 0.6) is 0 Å². The van der Waals surface area contributed by atoms with Crippen molar-refractivity contribution in [1.82, 2.24) is 10.6 Å². The SMILES string of the molecule is O=C(CCCNC(=O)C1CC1)N[C@@H]1c2ccccc2C[C@@H]1O. The Balaban J connectivity index is 1.42. The van der Waals surface area contributed by atoms with Gasteiger partial charge in [0.05, 0.1) is 12.1 Å². The van der Waals surface area contributed by atoms with Crippen LogP contribution in [-0.2, 0) is 16.0 Å². The molecule has 1 saturated carbocycles. The van der Waals surface area contributed by atoms with E-state index in [1.165, 1.54) is 0 Å². The lowest BCUT2D eigenvalue weighted by Crippen LogP contribution is -2.34. The summed E-state index contributed by atoms with van der Waals surface area (Å²) in [5.74, 6) is 0.237. The zero-order valence-electron chi connectivity index (χ0n) is 12.5. The largest absolute Gasteiger partial charge is 0.390 e. The molecule has 0 heterocycles. The van der Waals surface area contributed by atoms with Crippen molar-refractivity contribution < 1.29 is 14.7 Å². The molecular formula is C17H22N2O3. The summed E-state index contributed by atoms with van der Waals surface area (Å²) in [6.07, 6.45) is 2.98. The molecule has 0 saturated heterocycles. The van der Waals surface area contributed by atoms with E-state index in [0.717, 1.165) is 24.0 Å². The highest BCUT2D eigenvalue weighted by Gasteiger charge is 2.32. The highest BCUT2D eigenvalue weighted by Crippen LogP contribution is 2.31. The van der Waals surface area contributed by atoms with Crippen LogP contribution >= 0.6 is 0 Å². The van der Waals surface area contributed by atoms with Gasteiger partial charge in [-0.2, -0.15) is 0 Å². The molecule has 0 aliphatic heterocycles. The topological polar surface area (TPSA) is 78.4 Å². The van der Waals surface area contributed by atoms with Gasteiger partial charge in [-0.3, -0.25) is 9.59 Å². The average molecular weight is 302 g/mol. The number of carbonyl (C=O) groups excluding carboxylic acids is 2. The minimum absolute atomic E-state index is 0.0820. The molecule has 0 aromatic heterocycles. The fraction of sp³-hybridized carbons (Fsp3) is 0.529. The van der Waals surface area contributed by atoms with Gasteiger partial charge in [-0.25, -0.2) is 0 Å². The van der Waals surface area contributed by atoms with E-state index in [0.29, 0.717) is 25.8 Å². The van der Waals surface area contributed by atoms with Crippen molar-refractivity contribution in [3.05, 3.63) is 35.4 Å². The Morgan fingerprint density at radius 2 is 2.00 bits per heavy atom. The zero-order valence-corrected chi connectivity index (χ0v) is 12.5.